The average Bonchev–Trinajstić information content (AvgIpc) is 2.58. The normalized spacial score (nSPS) is 15.3. The largest absolute Gasteiger partial charge is 0.325 e. The lowest BCUT2D eigenvalue weighted by Gasteiger charge is -2.26. The second-order valence-electron chi connectivity index (χ2n) is 5.89. The second kappa shape index (κ2) is 7.90. The Balaban J connectivity index is 1.64. The van der Waals surface area contributed by atoms with Gasteiger partial charge < -0.3 is 10.6 Å². The van der Waals surface area contributed by atoms with E-state index in [1.807, 2.05) is 36.4 Å². The predicted molar refractivity (Wildman–Crippen MR) is 93.6 cm³/mol. The lowest BCUT2D eigenvalue weighted by atomic mass is 10.0. The van der Waals surface area contributed by atoms with Gasteiger partial charge in [-0.3, -0.25) is 9.69 Å². The summed E-state index contributed by atoms with van der Waals surface area (Å²) in [5, 5.41) is 6.38. The molecule has 2 N–H and O–H groups in total. The molecule has 120 valence electrons. The van der Waals surface area contributed by atoms with Crippen LogP contribution in [0.5, 0.6) is 0 Å². The fraction of sp³-hybridized carbons (Fsp3) is 0.316. The molecule has 1 aliphatic rings. The van der Waals surface area contributed by atoms with Crippen LogP contribution in [0.1, 0.15) is 11.1 Å². The number of nitrogens with zero attached hydrogens (tertiary/aromatic N) is 1. The highest BCUT2D eigenvalue weighted by Crippen LogP contribution is 2.19. The molecule has 1 aliphatic heterocycles. The molecule has 0 atom stereocenters. The van der Waals surface area contributed by atoms with E-state index in [0.29, 0.717) is 6.54 Å². The molecule has 1 saturated heterocycles. The van der Waals surface area contributed by atoms with Gasteiger partial charge in [-0.25, -0.2) is 0 Å². The molecular weight excluding hydrogens is 286 g/mol. The third kappa shape index (κ3) is 4.65. The molecule has 23 heavy (non-hydrogen) atoms. The second-order valence-corrected chi connectivity index (χ2v) is 5.89. The Morgan fingerprint density at radius 3 is 2.48 bits per heavy atom. The summed E-state index contributed by atoms with van der Waals surface area (Å²) >= 11 is 0. The van der Waals surface area contributed by atoms with E-state index >= 15 is 0 Å². The molecule has 0 aliphatic carbocycles. The van der Waals surface area contributed by atoms with E-state index in [1.165, 1.54) is 5.56 Å². The number of nitrogens with one attached hydrogen (secondary N) is 2. The van der Waals surface area contributed by atoms with Crippen LogP contribution in [-0.4, -0.2) is 43.5 Å². The van der Waals surface area contributed by atoms with Crippen molar-refractivity contribution in [3.63, 3.8) is 0 Å². The first-order valence-electron chi connectivity index (χ1n) is 8.16. The molecule has 1 heterocycles. The minimum Gasteiger partial charge on any atom is -0.325 e. The first-order chi connectivity index (χ1) is 11.3. The van der Waals surface area contributed by atoms with E-state index in [2.05, 4.69) is 33.7 Å². The van der Waals surface area contributed by atoms with E-state index < -0.39 is 0 Å². The van der Waals surface area contributed by atoms with Crippen LogP contribution in [0.25, 0.3) is 0 Å². The van der Waals surface area contributed by atoms with Gasteiger partial charge in [-0.1, -0.05) is 48.5 Å². The van der Waals surface area contributed by atoms with E-state index in [0.717, 1.165) is 43.9 Å². The topological polar surface area (TPSA) is 44.4 Å². The highest BCUT2D eigenvalue weighted by molar-refractivity contribution is 5.93. The summed E-state index contributed by atoms with van der Waals surface area (Å²) in [6, 6.07) is 18.4. The molecule has 3 rings (SSSR count). The summed E-state index contributed by atoms with van der Waals surface area (Å²) in [4.78, 5) is 14.5. The SMILES string of the molecule is O=C(CN1CCNCC1)Nc1ccccc1Cc1ccccc1. The van der Waals surface area contributed by atoms with Crippen molar-refractivity contribution in [1.82, 2.24) is 10.2 Å². The lowest BCUT2D eigenvalue weighted by Crippen LogP contribution is -2.46. The van der Waals surface area contributed by atoms with Gasteiger partial charge in [-0.15, -0.1) is 0 Å². The van der Waals surface area contributed by atoms with Crippen molar-refractivity contribution in [2.45, 2.75) is 6.42 Å². The van der Waals surface area contributed by atoms with Gasteiger partial charge in [0.05, 0.1) is 6.54 Å². The molecule has 4 nitrogen and oxygen atoms in total. The van der Waals surface area contributed by atoms with Crippen LogP contribution in [0, 0.1) is 0 Å². The van der Waals surface area contributed by atoms with Crippen LogP contribution >= 0.6 is 0 Å². The Hall–Kier alpha value is -2.17. The molecule has 0 unspecified atom stereocenters. The lowest BCUT2D eigenvalue weighted by molar-refractivity contribution is -0.117. The maximum atomic E-state index is 12.3. The molecule has 1 fully saturated rings. The quantitative estimate of drug-likeness (QED) is 0.889. The van der Waals surface area contributed by atoms with Gasteiger partial charge >= 0.3 is 0 Å². The molecule has 2 aromatic carbocycles. The Bertz CT molecular complexity index is 636. The number of carbonyl (C=O) groups is 1. The molecule has 4 heteroatoms. The third-order valence-corrected chi connectivity index (χ3v) is 4.11. The summed E-state index contributed by atoms with van der Waals surface area (Å²) in [6.45, 7) is 4.23. The number of piperazine rings is 1. The van der Waals surface area contributed by atoms with Gasteiger partial charge in [0.15, 0.2) is 0 Å². The van der Waals surface area contributed by atoms with Crippen LogP contribution in [-0.2, 0) is 11.2 Å². The smallest absolute Gasteiger partial charge is 0.238 e. The summed E-state index contributed by atoms with van der Waals surface area (Å²) in [5.41, 5.74) is 3.31. The van der Waals surface area contributed by atoms with Gasteiger partial charge in [0.25, 0.3) is 0 Å². The molecule has 2 aromatic rings. The molecule has 0 bridgehead atoms. The highest BCUT2D eigenvalue weighted by atomic mass is 16.2. The Morgan fingerprint density at radius 2 is 1.70 bits per heavy atom. The minimum absolute atomic E-state index is 0.0624. The van der Waals surface area contributed by atoms with Crippen LogP contribution < -0.4 is 10.6 Å². The number of anilines is 1. The van der Waals surface area contributed by atoms with Crippen molar-refractivity contribution in [3.8, 4) is 0 Å². The summed E-state index contributed by atoms with van der Waals surface area (Å²) < 4.78 is 0. The zero-order chi connectivity index (χ0) is 15.9. The van der Waals surface area contributed by atoms with Crippen molar-refractivity contribution in [2.75, 3.05) is 38.0 Å². The Kier molecular flexibility index (Phi) is 5.40. The van der Waals surface area contributed by atoms with Crippen LogP contribution in [0.3, 0.4) is 0 Å². The first kappa shape index (κ1) is 15.7. The van der Waals surface area contributed by atoms with Gasteiger partial charge in [0.2, 0.25) is 5.91 Å². The maximum absolute atomic E-state index is 12.3. The van der Waals surface area contributed by atoms with Crippen molar-refractivity contribution in [2.24, 2.45) is 0 Å². The Labute approximate surface area is 137 Å². The van der Waals surface area contributed by atoms with E-state index in [-0.39, 0.29) is 5.91 Å². The number of rotatable bonds is 5. The third-order valence-electron chi connectivity index (χ3n) is 4.11. The average molecular weight is 309 g/mol. The molecule has 0 aromatic heterocycles. The highest BCUT2D eigenvalue weighted by Gasteiger charge is 2.14. The standard InChI is InChI=1S/C19H23N3O/c23-19(15-22-12-10-20-11-13-22)21-18-9-5-4-8-17(18)14-16-6-2-1-3-7-16/h1-9,20H,10-15H2,(H,21,23). The van der Waals surface area contributed by atoms with Crippen molar-refractivity contribution < 1.29 is 4.79 Å². The van der Waals surface area contributed by atoms with Gasteiger partial charge in [-0.05, 0) is 23.6 Å². The maximum Gasteiger partial charge on any atom is 0.238 e. The summed E-state index contributed by atoms with van der Waals surface area (Å²) in [7, 11) is 0. The fourth-order valence-electron chi connectivity index (χ4n) is 2.87. The number of carbonyl (C=O) groups excluding carboxylic acids is 1. The Morgan fingerprint density at radius 1 is 1.00 bits per heavy atom. The van der Waals surface area contributed by atoms with Gasteiger partial charge in [-0.2, -0.15) is 0 Å². The van der Waals surface area contributed by atoms with E-state index in [9.17, 15) is 4.79 Å². The van der Waals surface area contributed by atoms with Crippen LogP contribution in [0.4, 0.5) is 5.69 Å². The first-order valence-corrected chi connectivity index (χ1v) is 8.16. The molecule has 0 radical (unpaired) electrons. The molecule has 0 spiro atoms. The summed E-state index contributed by atoms with van der Waals surface area (Å²) in [6.07, 6.45) is 0.824. The summed E-state index contributed by atoms with van der Waals surface area (Å²) in [5.74, 6) is 0.0624. The molecule has 1 amide bonds. The fourth-order valence-corrected chi connectivity index (χ4v) is 2.87. The molecular formula is C19H23N3O. The minimum atomic E-state index is 0.0624. The number of benzene rings is 2. The van der Waals surface area contributed by atoms with Gasteiger partial charge in [0, 0.05) is 31.9 Å². The predicted octanol–water partition coefficient (Wildman–Crippen LogP) is 2.12. The van der Waals surface area contributed by atoms with Crippen molar-refractivity contribution in [3.05, 3.63) is 65.7 Å². The zero-order valence-electron chi connectivity index (χ0n) is 13.3. The zero-order valence-corrected chi connectivity index (χ0v) is 13.3. The van der Waals surface area contributed by atoms with Crippen LogP contribution in [0.15, 0.2) is 54.6 Å². The monoisotopic (exact) mass is 309 g/mol. The van der Waals surface area contributed by atoms with E-state index in [4.69, 9.17) is 0 Å². The van der Waals surface area contributed by atoms with Crippen molar-refractivity contribution >= 4 is 11.6 Å². The van der Waals surface area contributed by atoms with E-state index in [1.54, 1.807) is 0 Å². The molecule has 0 saturated carbocycles. The number of amides is 1. The van der Waals surface area contributed by atoms with Gasteiger partial charge in [0.1, 0.15) is 0 Å². The van der Waals surface area contributed by atoms with Crippen molar-refractivity contribution in [1.29, 1.82) is 0 Å². The number of hydrogen-bond acceptors (Lipinski definition) is 3. The number of hydrogen-bond donors (Lipinski definition) is 2. The van der Waals surface area contributed by atoms with Crippen LogP contribution in [0.2, 0.25) is 0 Å². The number of para-hydroxylation sites is 1.